The van der Waals surface area contributed by atoms with Crippen LogP contribution in [0, 0.1) is 12.7 Å². The average Bonchev–Trinajstić information content (AvgIpc) is 2.30. The molecule has 0 atom stereocenters. The first kappa shape index (κ1) is 16.7. The normalized spacial score (nSPS) is 12.2. The number of carbonyl (C=O) groups excluding carboxylic acids is 1. The maximum absolute atomic E-state index is 13.7. The van der Waals surface area contributed by atoms with Crippen LogP contribution in [0.4, 0.5) is 4.39 Å². The molecule has 0 bridgehead atoms. The second-order valence-electron chi connectivity index (χ2n) is 6.43. The summed E-state index contributed by atoms with van der Waals surface area (Å²) in [5.41, 5.74) is 0.823. The summed E-state index contributed by atoms with van der Waals surface area (Å²) < 4.78 is 24.5. The zero-order chi connectivity index (χ0) is 15.7. The molecule has 0 heterocycles. The molecule has 0 saturated carbocycles. The molecular formula is C15H23FO3Si. The van der Waals surface area contributed by atoms with Crippen LogP contribution in [0.25, 0.3) is 0 Å². The van der Waals surface area contributed by atoms with Crippen molar-refractivity contribution in [3.8, 4) is 5.75 Å². The third kappa shape index (κ3) is 3.39. The maximum Gasteiger partial charge on any atom is 0.338 e. The molecule has 1 aromatic rings. The monoisotopic (exact) mass is 298 g/mol. The summed E-state index contributed by atoms with van der Waals surface area (Å²) in [6, 6.07) is 2.52. The van der Waals surface area contributed by atoms with Gasteiger partial charge in [0.15, 0.2) is 0 Å². The smallest absolute Gasteiger partial charge is 0.338 e. The van der Waals surface area contributed by atoms with Gasteiger partial charge < -0.3 is 9.16 Å². The number of rotatable bonds is 3. The van der Waals surface area contributed by atoms with E-state index in [-0.39, 0.29) is 10.6 Å². The molecular weight excluding hydrogens is 275 g/mol. The molecule has 1 aromatic carbocycles. The van der Waals surface area contributed by atoms with E-state index in [1.165, 1.54) is 19.2 Å². The van der Waals surface area contributed by atoms with Crippen molar-refractivity contribution in [1.29, 1.82) is 0 Å². The predicted octanol–water partition coefficient (Wildman–Crippen LogP) is 4.30. The second kappa shape index (κ2) is 5.56. The highest BCUT2D eigenvalue weighted by molar-refractivity contribution is 6.74. The van der Waals surface area contributed by atoms with Crippen LogP contribution in [0.15, 0.2) is 12.1 Å². The molecule has 0 N–H and O–H groups in total. The predicted molar refractivity (Wildman–Crippen MR) is 80.3 cm³/mol. The highest BCUT2D eigenvalue weighted by Crippen LogP contribution is 2.38. The fourth-order valence-electron chi connectivity index (χ4n) is 1.51. The van der Waals surface area contributed by atoms with Crippen molar-refractivity contribution in [2.45, 2.75) is 45.8 Å². The first-order chi connectivity index (χ1) is 8.99. The number of esters is 1. The van der Waals surface area contributed by atoms with Gasteiger partial charge in [-0.2, -0.15) is 0 Å². The van der Waals surface area contributed by atoms with E-state index >= 15 is 0 Å². The van der Waals surface area contributed by atoms with E-state index in [9.17, 15) is 9.18 Å². The standard InChI is InChI=1S/C15H23FO3Si/c1-10-12(14(17)18-5)8-11(16)9-13(10)19-20(6,7)15(2,3)4/h8-9H,1-7H3. The molecule has 112 valence electrons. The largest absolute Gasteiger partial charge is 0.543 e. The van der Waals surface area contributed by atoms with Gasteiger partial charge in [0.2, 0.25) is 8.32 Å². The average molecular weight is 298 g/mol. The molecule has 20 heavy (non-hydrogen) atoms. The van der Waals surface area contributed by atoms with Gasteiger partial charge in [-0.15, -0.1) is 0 Å². The number of benzene rings is 1. The van der Waals surface area contributed by atoms with E-state index < -0.39 is 20.1 Å². The lowest BCUT2D eigenvalue weighted by atomic mass is 10.1. The Balaban J connectivity index is 3.27. The molecule has 0 unspecified atom stereocenters. The third-order valence-corrected chi connectivity index (χ3v) is 8.24. The van der Waals surface area contributed by atoms with Crippen LogP contribution in [-0.2, 0) is 4.74 Å². The summed E-state index contributed by atoms with van der Waals surface area (Å²) in [5.74, 6) is -0.621. The van der Waals surface area contributed by atoms with Crippen LogP contribution in [0.3, 0.4) is 0 Å². The van der Waals surface area contributed by atoms with Crippen LogP contribution < -0.4 is 4.43 Å². The van der Waals surface area contributed by atoms with E-state index in [0.29, 0.717) is 11.3 Å². The Bertz CT molecular complexity index is 519. The minimum Gasteiger partial charge on any atom is -0.543 e. The molecule has 0 amide bonds. The number of hydrogen-bond acceptors (Lipinski definition) is 3. The Labute approximate surface area is 121 Å². The fourth-order valence-corrected chi connectivity index (χ4v) is 2.58. The number of methoxy groups -OCH3 is 1. The zero-order valence-electron chi connectivity index (χ0n) is 13.3. The molecule has 0 aromatic heterocycles. The summed E-state index contributed by atoms with van der Waals surface area (Å²) in [4.78, 5) is 11.7. The van der Waals surface area contributed by atoms with E-state index in [0.717, 1.165) is 0 Å². The van der Waals surface area contributed by atoms with Gasteiger partial charge in [0.25, 0.3) is 0 Å². The second-order valence-corrected chi connectivity index (χ2v) is 11.2. The van der Waals surface area contributed by atoms with Gasteiger partial charge in [0.1, 0.15) is 11.6 Å². The Morgan fingerprint density at radius 1 is 1.25 bits per heavy atom. The topological polar surface area (TPSA) is 35.5 Å². The molecule has 0 aliphatic carbocycles. The summed E-state index contributed by atoms with van der Waals surface area (Å²) in [7, 11) is -0.808. The highest BCUT2D eigenvalue weighted by atomic mass is 28.4. The van der Waals surface area contributed by atoms with Crippen molar-refractivity contribution in [1.82, 2.24) is 0 Å². The summed E-state index contributed by atoms with van der Waals surface area (Å²) in [6.45, 7) is 12.2. The number of carbonyl (C=O) groups is 1. The lowest BCUT2D eigenvalue weighted by Gasteiger charge is -2.37. The first-order valence-electron chi connectivity index (χ1n) is 6.57. The van der Waals surface area contributed by atoms with E-state index in [4.69, 9.17) is 4.43 Å². The highest BCUT2D eigenvalue weighted by Gasteiger charge is 2.39. The lowest BCUT2D eigenvalue weighted by Crippen LogP contribution is -2.44. The molecule has 1 rings (SSSR count). The van der Waals surface area contributed by atoms with Crippen LogP contribution in [-0.4, -0.2) is 21.4 Å². The third-order valence-electron chi connectivity index (χ3n) is 3.90. The van der Waals surface area contributed by atoms with Crippen molar-refractivity contribution in [3.63, 3.8) is 0 Å². The van der Waals surface area contributed by atoms with Crippen LogP contribution in [0.2, 0.25) is 18.1 Å². The molecule has 5 heteroatoms. The zero-order valence-corrected chi connectivity index (χ0v) is 14.3. The van der Waals surface area contributed by atoms with Crippen LogP contribution in [0.5, 0.6) is 5.75 Å². The summed E-state index contributed by atoms with van der Waals surface area (Å²) >= 11 is 0. The molecule has 0 saturated heterocycles. The van der Waals surface area contributed by atoms with E-state index in [1.54, 1.807) is 6.92 Å². The summed E-state index contributed by atoms with van der Waals surface area (Å²) in [6.07, 6.45) is 0. The van der Waals surface area contributed by atoms with E-state index in [1.807, 2.05) is 0 Å². The van der Waals surface area contributed by atoms with Gasteiger partial charge in [0, 0.05) is 11.6 Å². The molecule has 3 nitrogen and oxygen atoms in total. The van der Waals surface area contributed by atoms with Crippen LogP contribution >= 0.6 is 0 Å². The van der Waals surface area contributed by atoms with Crippen molar-refractivity contribution in [2.75, 3.05) is 7.11 Å². The number of ether oxygens (including phenoxy) is 1. The lowest BCUT2D eigenvalue weighted by molar-refractivity contribution is 0.0599. The molecule has 0 spiro atoms. The van der Waals surface area contributed by atoms with Crippen molar-refractivity contribution in [3.05, 3.63) is 29.1 Å². The van der Waals surface area contributed by atoms with Gasteiger partial charge in [-0.05, 0) is 31.1 Å². The van der Waals surface area contributed by atoms with Crippen molar-refractivity contribution >= 4 is 14.3 Å². The van der Waals surface area contributed by atoms with Crippen molar-refractivity contribution in [2.24, 2.45) is 0 Å². The number of hydrogen-bond donors (Lipinski definition) is 0. The van der Waals surface area contributed by atoms with Gasteiger partial charge in [0.05, 0.1) is 12.7 Å². The molecule has 0 aliphatic rings. The molecule has 0 aliphatic heterocycles. The van der Waals surface area contributed by atoms with Gasteiger partial charge in [-0.25, -0.2) is 9.18 Å². The van der Waals surface area contributed by atoms with Gasteiger partial charge >= 0.3 is 5.97 Å². The first-order valence-corrected chi connectivity index (χ1v) is 9.48. The van der Waals surface area contributed by atoms with Gasteiger partial charge in [-0.1, -0.05) is 20.8 Å². The fraction of sp³-hybridized carbons (Fsp3) is 0.533. The minimum atomic E-state index is -2.09. The Hall–Kier alpha value is -1.36. The SMILES string of the molecule is COC(=O)c1cc(F)cc(O[Si](C)(C)C(C)(C)C)c1C. The minimum absolute atomic E-state index is 0.00279. The summed E-state index contributed by atoms with van der Waals surface area (Å²) in [5, 5.41) is -0.00279. The van der Waals surface area contributed by atoms with E-state index in [2.05, 4.69) is 38.6 Å². The van der Waals surface area contributed by atoms with Crippen molar-refractivity contribution < 1.29 is 18.3 Å². The maximum atomic E-state index is 13.7. The number of halogens is 1. The molecule has 0 fully saturated rings. The Morgan fingerprint density at radius 3 is 2.25 bits per heavy atom. The Kier molecular flexibility index (Phi) is 4.64. The quantitative estimate of drug-likeness (QED) is 0.616. The van der Waals surface area contributed by atoms with Gasteiger partial charge in [-0.3, -0.25) is 0 Å². The Morgan fingerprint density at radius 2 is 1.80 bits per heavy atom. The molecule has 0 radical (unpaired) electrons. The van der Waals surface area contributed by atoms with Crippen LogP contribution in [0.1, 0.15) is 36.7 Å².